The van der Waals surface area contributed by atoms with Gasteiger partial charge in [-0.05, 0) is 6.17 Å². The number of rotatable bonds is 0. The maximum absolute atomic E-state index is 8.94. The third-order valence-electron chi connectivity index (χ3n) is 1.03. The molecular weight excluding hydrogens is 223 g/mol. The smallest absolute Gasteiger partial charge is 0.193 e. The quantitative estimate of drug-likeness (QED) is 0.457. The number of nitrogens with two attached hydrogens (primary N) is 2. The molecule has 5 N–H and O–H groups in total. The molecule has 0 bridgehead atoms. The van der Waals surface area contributed by atoms with Gasteiger partial charge in [-0.25, -0.2) is 0 Å². The molecule has 11 heavy (non-hydrogen) atoms. The van der Waals surface area contributed by atoms with Crippen LogP contribution in [0.4, 0.5) is 0 Å². The van der Waals surface area contributed by atoms with Gasteiger partial charge in [0, 0.05) is 32.7 Å². The Morgan fingerprint density at radius 3 is 2.55 bits per heavy atom. The Morgan fingerprint density at radius 1 is 1.55 bits per heavy atom. The largest absolute Gasteiger partial charge is 0.445 e. The van der Waals surface area contributed by atoms with Crippen molar-refractivity contribution in [3.63, 3.8) is 0 Å². The molecular formula is C4H8N5OY-. The van der Waals surface area contributed by atoms with Crippen LogP contribution in [0.2, 0.25) is 0 Å². The van der Waals surface area contributed by atoms with Crippen LogP contribution in [0, 0.1) is 6.17 Å². The van der Waals surface area contributed by atoms with Gasteiger partial charge in [0.2, 0.25) is 0 Å². The van der Waals surface area contributed by atoms with E-state index in [0.29, 0.717) is 11.2 Å². The van der Waals surface area contributed by atoms with Crippen LogP contribution in [0.3, 0.4) is 0 Å². The molecule has 59 valence electrons. The topological polar surface area (TPSA) is 100 Å². The minimum Gasteiger partial charge on any atom is -0.445 e. The molecule has 0 aromatic heterocycles. The van der Waals surface area contributed by atoms with Crippen molar-refractivity contribution in [1.29, 1.82) is 0 Å². The van der Waals surface area contributed by atoms with Gasteiger partial charge in [-0.15, -0.1) is 0 Å². The Kier molecular flexibility index (Phi) is 3.78. The molecule has 0 aromatic rings. The van der Waals surface area contributed by atoms with Crippen LogP contribution in [0.15, 0.2) is 9.98 Å². The van der Waals surface area contributed by atoms with Crippen molar-refractivity contribution in [2.24, 2.45) is 21.5 Å². The molecule has 1 radical (unpaired) electrons. The van der Waals surface area contributed by atoms with E-state index in [2.05, 4.69) is 9.98 Å². The average Bonchev–Trinajstić information content (AvgIpc) is 1.82. The normalized spacial score (nSPS) is 16.9. The van der Waals surface area contributed by atoms with Gasteiger partial charge in [0.15, 0.2) is 5.96 Å². The Morgan fingerprint density at radius 2 is 2.09 bits per heavy atom. The van der Waals surface area contributed by atoms with Crippen molar-refractivity contribution < 1.29 is 37.9 Å². The summed E-state index contributed by atoms with van der Waals surface area (Å²) >= 11 is 0. The maximum atomic E-state index is 8.94. The van der Waals surface area contributed by atoms with Gasteiger partial charge in [-0.3, -0.25) is 15.3 Å². The Labute approximate surface area is 89.2 Å². The van der Waals surface area contributed by atoms with Crippen molar-refractivity contribution >= 4 is 11.9 Å². The molecule has 0 spiro atoms. The number of aliphatic imine (C=N–C) groups is 2. The summed E-state index contributed by atoms with van der Waals surface area (Å²) in [5, 5.41) is 9.60. The first-order valence-corrected chi connectivity index (χ1v) is 2.62. The van der Waals surface area contributed by atoms with Crippen LogP contribution in [0.1, 0.15) is 6.92 Å². The third kappa shape index (κ3) is 2.32. The molecule has 7 heteroatoms. The fourth-order valence-electron chi connectivity index (χ4n) is 0.569. The van der Waals surface area contributed by atoms with Gasteiger partial charge in [-0.1, -0.05) is 6.92 Å². The monoisotopic (exact) mass is 231 g/mol. The second-order valence-electron chi connectivity index (χ2n) is 1.80. The summed E-state index contributed by atoms with van der Waals surface area (Å²) in [6, 6.07) is 0. The van der Waals surface area contributed by atoms with Gasteiger partial charge in [0.25, 0.3) is 0 Å². The molecule has 0 saturated heterocycles. The first kappa shape index (κ1) is 10.7. The van der Waals surface area contributed by atoms with E-state index in [9.17, 15) is 0 Å². The standard InChI is InChI=1S/C4H8N5O.Y/c1-2-7-3(5)8-4(6)9(2)10;/h10H,1H3,(H4,5,6,7,8);/q-1;. The summed E-state index contributed by atoms with van der Waals surface area (Å²) in [5.74, 6) is -0.00898. The maximum Gasteiger partial charge on any atom is 0.193 e. The first-order valence-electron chi connectivity index (χ1n) is 2.62. The van der Waals surface area contributed by atoms with E-state index in [1.807, 2.05) is 0 Å². The van der Waals surface area contributed by atoms with Crippen molar-refractivity contribution in [1.82, 2.24) is 5.06 Å². The predicted octanol–water partition coefficient (Wildman–Crippen LogP) is -1.17. The van der Waals surface area contributed by atoms with E-state index in [4.69, 9.17) is 16.7 Å². The SMILES string of the molecule is C[C-]1N=C(N)N=C(N)N1O.[Y]. The fourth-order valence-corrected chi connectivity index (χ4v) is 0.569. The van der Waals surface area contributed by atoms with Crippen LogP contribution in [-0.2, 0) is 32.7 Å². The van der Waals surface area contributed by atoms with E-state index in [1.165, 1.54) is 0 Å². The first-order chi connectivity index (χ1) is 4.61. The number of hydrogen-bond acceptors (Lipinski definition) is 6. The molecule has 1 aliphatic rings. The van der Waals surface area contributed by atoms with Crippen LogP contribution in [-0.4, -0.2) is 22.2 Å². The molecule has 0 unspecified atom stereocenters. The van der Waals surface area contributed by atoms with Gasteiger partial charge in [0.05, 0.1) is 5.96 Å². The zero-order valence-electron chi connectivity index (χ0n) is 6.02. The number of nitrogens with zero attached hydrogens (tertiary/aromatic N) is 3. The van der Waals surface area contributed by atoms with Gasteiger partial charge >= 0.3 is 0 Å². The molecule has 1 heterocycles. The average molecular weight is 231 g/mol. The fraction of sp³-hybridized carbons (Fsp3) is 0.250. The summed E-state index contributed by atoms with van der Waals surface area (Å²) in [5.41, 5.74) is 10.4. The molecule has 0 aromatic carbocycles. The second-order valence-corrected chi connectivity index (χ2v) is 1.80. The van der Waals surface area contributed by atoms with Crippen molar-refractivity contribution in [2.45, 2.75) is 6.92 Å². The zero-order chi connectivity index (χ0) is 7.72. The summed E-state index contributed by atoms with van der Waals surface area (Å²) in [4.78, 5) is 7.12. The number of guanidine groups is 2. The molecule has 1 aliphatic heterocycles. The van der Waals surface area contributed by atoms with Crippen molar-refractivity contribution in [3.8, 4) is 0 Å². The molecule has 0 saturated carbocycles. The van der Waals surface area contributed by atoms with Crippen LogP contribution < -0.4 is 11.5 Å². The summed E-state index contributed by atoms with van der Waals surface area (Å²) in [6.45, 7) is 1.56. The second kappa shape index (κ2) is 3.89. The van der Waals surface area contributed by atoms with Gasteiger partial charge in [-0.2, -0.15) is 0 Å². The summed E-state index contributed by atoms with van der Waals surface area (Å²) < 4.78 is 0. The van der Waals surface area contributed by atoms with E-state index < -0.39 is 0 Å². The Balaban J connectivity index is 0.000001000. The number of hydrogen-bond donors (Lipinski definition) is 3. The molecule has 0 atom stereocenters. The van der Waals surface area contributed by atoms with E-state index in [-0.39, 0.29) is 44.6 Å². The summed E-state index contributed by atoms with van der Waals surface area (Å²) in [7, 11) is 0. The predicted molar refractivity (Wildman–Crippen MR) is 35.8 cm³/mol. The molecule has 0 fully saturated rings. The van der Waals surface area contributed by atoms with Crippen LogP contribution in [0.25, 0.3) is 0 Å². The number of hydroxylamine groups is 2. The molecule has 6 nitrogen and oxygen atoms in total. The van der Waals surface area contributed by atoms with E-state index in [0.717, 1.165) is 0 Å². The minimum absolute atomic E-state index is 0. The van der Waals surface area contributed by atoms with Crippen molar-refractivity contribution in [2.75, 3.05) is 0 Å². The minimum atomic E-state index is -0.0648. The third-order valence-corrected chi connectivity index (χ3v) is 1.03. The molecule has 0 aliphatic carbocycles. The van der Waals surface area contributed by atoms with Gasteiger partial charge < -0.3 is 16.5 Å². The Hall–Kier alpha value is -0.326. The molecule has 1 rings (SSSR count). The van der Waals surface area contributed by atoms with E-state index in [1.54, 1.807) is 6.92 Å². The van der Waals surface area contributed by atoms with Crippen LogP contribution in [0.5, 0.6) is 0 Å². The summed E-state index contributed by atoms with van der Waals surface area (Å²) in [6.07, 6.45) is 0.310. The van der Waals surface area contributed by atoms with Gasteiger partial charge in [0.1, 0.15) is 0 Å². The van der Waals surface area contributed by atoms with E-state index >= 15 is 0 Å². The van der Waals surface area contributed by atoms with Crippen molar-refractivity contribution in [3.05, 3.63) is 6.17 Å². The zero-order valence-corrected chi connectivity index (χ0v) is 8.86. The van der Waals surface area contributed by atoms with Crippen LogP contribution >= 0.6 is 0 Å². The Bertz CT molecular complexity index is 203. The molecule has 0 amide bonds.